The van der Waals surface area contributed by atoms with Crippen molar-refractivity contribution in [2.45, 2.75) is 64.7 Å². The van der Waals surface area contributed by atoms with E-state index in [4.69, 9.17) is 19.2 Å². The van der Waals surface area contributed by atoms with Crippen LogP contribution in [0.15, 0.2) is 66.2 Å². The molecule has 0 saturated carbocycles. The van der Waals surface area contributed by atoms with E-state index in [1.165, 1.54) is 6.08 Å². The number of ether oxygens (including phenoxy) is 3. The second kappa shape index (κ2) is 13.9. The number of methoxy groups -OCH3 is 1. The van der Waals surface area contributed by atoms with Gasteiger partial charge in [0.15, 0.2) is 0 Å². The predicted molar refractivity (Wildman–Crippen MR) is 152 cm³/mol. The number of amides is 1. The van der Waals surface area contributed by atoms with Crippen molar-refractivity contribution >= 4 is 28.7 Å². The van der Waals surface area contributed by atoms with Gasteiger partial charge in [-0.15, -0.1) is 0 Å². The number of carboxylic acid groups (broad SMARTS) is 1. The number of carboxylic acids is 1. The fourth-order valence-electron chi connectivity index (χ4n) is 4.79. The van der Waals surface area contributed by atoms with Crippen molar-refractivity contribution in [1.82, 2.24) is 10.3 Å². The number of nitrogens with one attached hydrogen (secondary N) is 1. The van der Waals surface area contributed by atoms with Gasteiger partial charge in [0.2, 0.25) is 5.91 Å². The van der Waals surface area contributed by atoms with E-state index >= 15 is 0 Å². The first-order valence-corrected chi connectivity index (χ1v) is 13.7. The van der Waals surface area contributed by atoms with Crippen LogP contribution in [0.1, 0.15) is 47.0 Å². The number of fused-ring (bicyclic) bond motifs is 1. The van der Waals surface area contributed by atoms with Crippen LogP contribution >= 0.6 is 0 Å². The van der Waals surface area contributed by atoms with Crippen LogP contribution in [-0.4, -0.2) is 47.7 Å². The SMILES string of the molecule is CCC[C@H](NC(=O)C1CC(Oc2cc(-c3ccccc3)nc3cc(OC)ccc23)C=C1C(=O)[O-])C(=O)OC(C)(C)C.[Li+]. The van der Waals surface area contributed by atoms with E-state index in [9.17, 15) is 19.5 Å². The minimum absolute atomic E-state index is 0. The zero-order chi connectivity index (χ0) is 29.7. The van der Waals surface area contributed by atoms with Crippen LogP contribution in [0.5, 0.6) is 11.5 Å². The second-order valence-corrected chi connectivity index (χ2v) is 11.0. The maximum Gasteiger partial charge on any atom is 1.00 e. The summed E-state index contributed by atoms with van der Waals surface area (Å²) in [5.41, 5.74) is 1.26. The Balaban J connectivity index is 0.00000484. The molecule has 1 heterocycles. The number of nitrogens with zero attached hydrogens (tertiary/aromatic N) is 1. The summed E-state index contributed by atoms with van der Waals surface area (Å²) in [6, 6.07) is 15.9. The Kier molecular flexibility index (Phi) is 10.8. The number of hydrogen-bond donors (Lipinski definition) is 1. The van der Waals surface area contributed by atoms with Gasteiger partial charge in [-0.3, -0.25) is 4.79 Å². The van der Waals surface area contributed by atoms with E-state index in [-0.39, 0.29) is 30.9 Å². The van der Waals surface area contributed by atoms with Crippen LogP contribution in [0.4, 0.5) is 0 Å². The molecule has 216 valence electrons. The third-order valence-corrected chi connectivity index (χ3v) is 6.67. The summed E-state index contributed by atoms with van der Waals surface area (Å²) < 4.78 is 17.2. The molecule has 1 aromatic heterocycles. The largest absolute Gasteiger partial charge is 1.00 e. The number of hydrogen-bond acceptors (Lipinski definition) is 8. The van der Waals surface area contributed by atoms with Crippen molar-refractivity contribution in [3.05, 3.63) is 66.2 Å². The maximum absolute atomic E-state index is 13.3. The number of carbonyl (C=O) groups is 3. The Bertz CT molecular complexity index is 1470. The van der Waals surface area contributed by atoms with Crippen LogP contribution in [0, 0.1) is 5.92 Å². The molecule has 0 fully saturated rings. The zero-order valence-electron chi connectivity index (χ0n) is 24.9. The van der Waals surface area contributed by atoms with E-state index in [1.807, 2.05) is 43.3 Å². The van der Waals surface area contributed by atoms with Gasteiger partial charge in [0.25, 0.3) is 0 Å². The molecule has 1 aliphatic rings. The molecule has 0 aliphatic heterocycles. The third-order valence-electron chi connectivity index (χ3n) is 6.67. The number of carbonyl (C=O) groups excluding carboxylic acids is 3. The average Bonchev–Trinajstić information content (AvgIpc) is 3.36. The van der Waals surface area contributed by atoms with Gasteiger partial charge in [-0.05, 0) is 51.0 Å². The molecule has 42 heavy (non-hydrogen) atoms. The molecule has 10 heteroatoms. The first kappa shape index (κ1) is 32.7. The molecule has 0 bridgehead atoms. The Hall–Kier alpha value is -3.80. The van der Waals surface area contributed by atoms with Gasteiger partial charge in [-0.2, -0.15) is 0 Å². The number of aromatic nitrogens is 1. The summed E-state index contributed by atoms with van der Waals surface area (Å²) in [4.78, 5) is 42.8. The summed E-state index contributed by atoms with van der Waals surface area (Å²) >= 11 is 0. The van der Waals surface area contributed by atoms with Crippen molar-refractivity contribution in [3.8, 4) is 22.8 Å². The summed E-state index contributed by atoms with van der Waals surface area (Å²) in [5.74, 6) is -2.57. The second-order valence-electron chi connectivity index (χ2n) is 11.0. The van der Waals surface area contributed by atoms with Gasteiger partial charge in [0, 0.05) is 29.5 Å². The van der Waals surface area contributed by atoms with Crippen LogP contribution < -0.4 is 38.8 Å². The van der Waals surface area contributed by atoms with E-state index in [2.05, 4.69) is 5.32 Å². The topological polar surface area (TPSA) is 127 Å². The zero-order valence-corrected chi connectivity index (χ0v) is 24.9. The molecule has 3 aromatic rings. The Labute approximate surface area is 257 Å². The molecule has 0 saturated heterocycles. The van der Waals surface area contributed by atoms with Crippen LogP contribution in [0.2, 0.25) is 0 Å². The van der Waals surface area contributed by atoms with E-state index in [0.29, 0.717) is 40.9 Å². The number of esters is 1. The fraction of sp³-hybridized carbons (Fsp3) is 0.375. The minimum atomic E-state index is -1.46. The van der Waals surface area contributed by atoms with Gasteiger partial charge in [-0.1, -0.05) is 43.7 Å². The van der Waals surface area contributed by atoms with Gasteiger partial charge < -0.3 is 29.4 Å². The van der Waals surface area contributed by atoms with Crippen molar-refractivity contribution in [2.75, 3.05) is 7.11 Å². The summed E-state index contributed by atoms with van der Waals surface area (Å²) in [7, 11) is 1.57. The number of aliphatic carboxylic acids is 1. The molecular weight excluding hydrogens is 531 g/mol. The van der Waals surface area contributed by atoms with Gasteiger partial charge in [0.05, 0.1) is 30.2 Å². The van der Waals surface area contributed by atoms with Crippen LogP contribution in [0.25, 0.3) is 22.2 Å². The van der Waals surface area contributed by atoms with Gasteiger partial charge in [-0.25, -0.2) is 9.78 Å². The first-order valence-electron chi connectivity index (χ1n) is 13.7. The molecule has 1 aliphatic carbocycles. The Morgan fingerprint density at radius 3 is 2.43 bits per heavy atom. The first-order chi connectivity index (χ1) is 19.5. The number of pyridine rings is 1. The quantitative estimate of drug-likeness (QED) is 0.284. The van der Waals surface area contributed by atoms with E-state index in [1.54, 1.807) is 46.1 Å². The van der Waals surface area contributed by atoms with E-state index < -0.39 is 41.5 Å². The van der Waals surface area contributed by atoms with E-state index in [0.717, 1.165) is 5.56 Å². The molecule has 3 atom stereocenters. The molecule has 2 aromatic carbocycles. The number of benzene rings is 2. The van der Waals surface area contributed by atoms with Gasteiger partial charge >= 0.3 is 24.8 Å². The Morgan fingerprint density at radius 2 is 1.81 bits per heavy atom. The summed E-state index contributed by atoms with van der Waals surface area (Å²) in [6.07, 6.45) is 1.70. The fourth-order valence-corrected chi connectivity index (χ4v) is 4.79. The molecule has 1 N–H and O–H groups in total. The maximum atomic E-state index is 13.3. The molecule has 0 spiro atoms. The summed E-state index contributed by atoms with van der Waals surface area (Å²) in [6.45, 7) is 7.11. The van der Waals surface area contributed by atoms with Gasteiger partial charge in [0.1, 0.15) is 29.2 Å². The third kappa shape index (κ3) is 7.93. The molecule has 9 nitrogen and oxygen atoms in total. The smallest absolute Gasteiger partial charge is 0.545 e. The monoisotopic (exact) mass is 566 g/mol. The molecule has 0 radical (unpaired) electrons. The van der Waals surface area contributed by atoms with Crippen molar-refractivity contribution < 1.29 is 52.6 Å². The summed E-state index contributed by atoms with van der Waals surface area (Å²) in [5, 5.41) is 15.4. The van der Waals surface area contributed by atoms with Crippen molar-refractivity contribution in [1.29, 1.82) is 0 Å². The molecule has 1 amide bonds. The molecule has 4 rings (SSSR count). The standard InChI is InChI=1S/C32H36N2O7.Li/c1-6-10-25(31(38)41-32(2,3)4)34-29(35)23-15-21(16-24(23)30(36)37)40-28-18-26(19-11-8-7-9-12-19)33-27-17-20(39-5)13-14-22(27)28;/h7-9,11-14,16-18,21,23,25H,6,10,15H2,1-5H3,(H,34,35)(H,36,37);/q;+1/p-1/t21?,23?,25-;/m0./s1. The van der Waals surface area contributed by atoms with Crippen molar-refractivity contribution in [2.24, 2.45) is 5.92 Å². The molecule has 2 unspecified atom stereocenters. The van der Waals surface area contributed by atoms with Crippen LogP contribution in [0.3, 0.4) is 0 Å². The minimum Gasteiger partial charge on any atom is -0.545 e. The number of rotatable bonds is 10. The predicted octanol–water partition coefficient (Wildman–Crippen LogP) is 0.985. The van der Waals surface area contributed by atoms with Crippen LogP contribution in [-0.2, 0) is 19.1 Å². The normalized spacial score (nSPS) is 17.0. The average molecular weight is 567 g/mol. The molecular formula is C32H35LiN2O7. The Morgan fingerprint density at radius 1 is 1.10 bits per heavy atom. The van der Waals surface area contributed by atoms with Crippen molar-refractivity contribution in [3.63, 3.8) is 0 Å².